The van der Waals surface area contributed by atoms with Crippen LogP contribution < -0.4 is 10.9 Å². The monoisotopic (exact) mass is 436 g/mol. The molecule has 0 fully saturated rings. The highest BCUT2D eigenvalue weighted by Gasteiger charge is 2.16. The van der Waals surface area contributed by atoms with Crippen molar-refractivity contribution in [2.24, 2.45) is 0 Å². The van der Waals surface area contributed by atoms with Crippen molar-refractivity contribution in [2.45, 2.75) is 6.54 Å². The molecule has 1 heterocycles. The van der Waals surface area contributed by atoms with Crippen LogP contribution in [0.4, 0.5) is 18.9 Å². The fraction of sp³-hybridized carbons (Fsp3) is 0.0526. The summed E-state index contributed by atoms with van der Waals surface area (Å²) in [7, 11) is 0. The Kier molecular flexibility index (Phi) is 5.46. The molecule has 0 unspecified atom stereocenters. The Morgan fingerprint density at radius 1 is 1.04 bits per heavy atom. The number of hydrogen-bond donors (Lipinski definition) is 1. The molecule has 4 nitrogen and oxygen atoms in total. The lowest BCUT2D eigenvalue weighted by Crippen LogP contribution is -2.23. The molecule has 0 atom stereocenters. The number of halogens is 4. The van der Waals surface area contributed by atoms with E-state index in [1.807, 2.05) is 0 Å². The highest BCUT2D eigenvalue weighted by molar-refractivity contribution is 9.10. The van der Waals surface area contributed by atoms with Gasteiger partial charge in [0.25, 0.3) is 11.5 Å². The summed E-state index contributed by atoms with van der Waals surface area (Å²) < 4.78 is 41.6. The molecule has 0 bridgehead atoms. The van der Waals surface area contributed by atoms with Gasteiger partial charge in [-0.25, -0.2) is 13.2 Å². The molecule has 0 saturated heterocycles. The maximum atomic E-state index is 13.7. The van der Waals surface area contributed by atoms with Gasteiger partial charge in [0.15, 0.2) is 0 Å². The number of aromatic nitrogens is 1. The minimum Gasteiger partial charge on any atom is -0.321 e. The second-order valence-electron chi connectivity index (χ2n) is 5.68. The van der Waals surface area contributed by atoms with Gasteiger partial charge in [0.05, 0.1) is 17.8 Å². The summed E-state index contributed by atoms with van der Waals surface area (Å²) in [6, 6.07) is 9.75. The topological polar surface area (TPSA) is 51.1 Å². The van der Waals surface area contributed by atoms with Crippen LogP contribution >= 0.6 is 15.9 Å². The molecule has 0 aliphatic heterocycles. The number of carbonyl (C=O) groups excluding carboxylic acids is 1. The van der Waals surface area contributed by atoms with Crippen LogP contribution in [0.25, 0.3) is 0 Å². The first-order chi connectivity index (χ1) is 12.8. The Hall–Kier alpha value is -2.87. The van der Waals surface area contributed by atoms with Crippen LogP contribution in [-0.2, 0) is 6.54 Å². The minimum atomic E-state index is -0.894. The quantitative estimate of drug-likeness (QED) is 0.661. The van der Waals surface area contributed by atoms with Gasteiger partial charge in [0, 0.05) is 6.20 Å². The SMILES string of the molecule is O=C(Nc1ccn(Cc2cccc(F)c2)c(=O)c1Br)c1cc(F)ccc1F. The number of benzene rings is 2. The second kappa shape index (κ2) is 7.79. The molecule has 138 valence electrons. The molecule has 8 heteroatoms. The van der Waals surface area contributed by atoms with Crippen LogP contribution in [0, 0.1) is 17.5 Å². The fourth-order valence-electron chi connectivity index (χ4n) is 2.46. The molecular formula is C19H12BrF3N2O2. The van der Waals surface area contributed by atoms with E-state index in [1.165, 1.54) is 35.0 Å². The zero-order valence-corrected chi connectivity index (χ0v) is 15.3. The summed E-state index contributed by atoms with van der Waals surface area (Å²) >= 11 is 3.10. The molecular weight excluding hydrogens is 425 g/mol. The molecule has 0 aliphatic carbocycles. The molecule has 3 aromatic rings. The molecule has 1 N–H and O–H groups in total. The largest absolute Gasteiger partial charge is 0.321 e. The van der Waals surface area contributed by atoms with E-state index in [9.17, 15) is 22.8 Å². The van der Waals surface area contributed by atoms with E-state index >= 15 is 0 Å². The number of rotatable bonds is 4. The molecule has 0 radical (unpaired) electrons. The zero-order valence-electron chi connectivity index (χ0n) is 13.7. The van der Waals surface area contributed by atoms with E-state index in [4.69, 9.17) is 0 Å². The first-order valence-electron chi connectivity index (χ1n) is 7.75. The first kappa shape index (κ1) is 18.9. The van der Waals surface area contributed by atoms with Crippen LogP contribution in [0.3, 0.4) is 0 Å². The lowest BCUT2D eigenvalue weighted by molar-refractivity contribution is 0.102. The van der Waals surface area contributed by atoms with Gasteiger partial charge in [-0.2, -0.15) is 0 Å². The zero-order chi connectivity index (χ0) is 19.6. The second-order valence-corrected chi connectivity index (χ2v) is 6.48. The van der Waals surface area contributed by atoms with Gasteiger partial charge in [-0.05, 0) is 57.9 Å². The molecule has 0 saturated carbocycles. The molecule has 2 aromatic carbocycles. The van der Waals surface area contributed by atoms with Gasteiger partial charge in [-0.15, -0.1) is 0 Å². The Labute approximate surface area is 160 Å². The van der Waals surface area contributed by atoms with Crippen molar-refractivity contribution in [2.75, 3.05) is 5.32 Å². The van der Waals surface area contributed by atoms with Gasteiger partial charge in [0.1, 0.15) is 21.9 Å². The van der Waals surface area contributed by atoms with E-state index in [0.29, 0.717) is 5.56 Å². The highest BCUT2D eigenvalue weighted by atomic mass is 79.9. The first-order valence-corrected chi connectivity index (χ1v) is 8.54. The Balaban J connectivity index is 1.85. The van der Waals surface area contributed by atoms with Crippen molar-refractivity contribution in [1.82, 2.24) is 4.57 Å². The number of hydrogen-bond acceptors (Lipinski definition) is 2. The van der Waals surface area contributed by atoms with E-state index in [2.05, 4.69) is 21.2 Å². The van der Waals surface area contributed by atoms with E-state index in [-0.39, 0.29) is 16.7 Å². The average molecular weight is 437 g/mol. The van der Waals surface area contributed by atoms with Gasteiger partial charge >= 0.3 is 0 Å². The summed E-state index contributed by atoms with van der Waals surface area (Å²) in [5.74, 6) is -2.95. The van der Waals surface area contributed by atoms with Crippen LogP contribution in [0.1, 0.15) is 15.9 Å². The minimum absolute atomic E-state index is 0.0339. The molecule has 3 rings (SSSR count). The van der Waals surface area contributed by atoms with Gasteiger partial charge in [-0.1, -0.05) is 12.1 Å². The van der Waals surface area contributed by atoms with E-state index in [1.54, 1.807) is 6.07 Å². The highest BCUT2D eigenvalue weighted by Crippen LogP contribution is 2.20. The summed E-state index contributed by atoms with van der Waals surface area (Å²) in [6.07, 6.45) is 1.41. The van der Waals surface area contributed by atoms with Crippen molar-refractivity contribution < 1.29 is 18.0 Å². The van der Waals surface area contributed by atoms with Crippen molar-refractivity contribution >= 4 is 27.5 Å². The van der Waals surface area contributed by atoms with Crippen molar-refractivity contribution in [3.05, 3.63) is 98.1 Å². The summed E-state index contributed by atoms with van der Waals surface area (Å²) in [4.78, 5) is 24.6. The summed E-state index contributed by atoms with van der Waals surface area (Å²) in [5.41, 5.74) is -0.269. The van der Waals surface area contributed by atoms with E-state index in [0.717, 1.165) is 18.2 Å². The maximum absolute atomic E-state index is 13.7. The van der Waals surface area contributed by atoms with Gasteiger partial charge in [0.2, 0.25) is 0 Å². The predicted octanol–water partition coefficient (Wildman–Crippen LogP) is 4.33. The number of amides is 1. The van der Waals surface area contributed by atoms with Crippen LogP contribution in [0.15, 0.2) is 64.0 Å². The fourth-order valence-corrected chi connectivity index (χ4v) is 2.92. The van der Waals surface area contributed by atoms with Crippen molar-refractivity contribution in [3.8, 4) is 0 Å². The molecule has 0 aliphatic rings. The number of nitrogens with one attached hydrogen (secondary N) is 1. The van der Waals surface area contributed by atoms with Gasteiger partial charge in [-0.3, -0.25) is 9.59 Å². The Morgan fingerprint density at radius 2 is 1.78 bits per heavy atom. The number of pyridine rings is 1. The molecule has 1 aromatic heterocycles. The van der Waals surface area contributed by atoms with Crippen LogP contribution in [0.2, 0.25) is 0 Å². The maximum Gasteiger partial charge on any atom is 0.267 e. The molecule has 27 heavy (non-hydrogen) atoms. The smallest absolute Gasteiger partial charge is 0.267 e. The lowest BCUT2D eigenvalue weighted by atomic mass is 10.2. The number of carbonyl (C=O) groups is 1. The summed E-state index contributed by atoms with van der Waals surface area (Å²) in [5, 5.41) is 2.37. The normalized spacial score (nSPS) is 10.7. The molecule has 1 amide bonds. The summed E-state index contributed by atoms with van der Waals surface area (Å²) in [6.45, 7) is 0.127. The Bertz CT molecular complexity index is 1080. The Morgan fingerprint density at radius 3 is 2.52 bits per heavy atom. The lowest BCUT2D eigenvalue weighted by Gasteiger charge is -2.11. The number of nitrogens with zero attached hydrogens (tertiary/aromatic N) is 1. The van der Waals surface area contributed by atoms with Crippen LogP contribution in [-0.4, -0.2) is 10.5 Å². The third kappa shape index (κ3) is 4.28. The predicted molar refractivity (Wildman–Crippen MR) is 98.2 cm³/mol. The van der Waals surface area contributed by atoms with Crippen molar-refractivity contribution in [3.63, 3.8) is 0 Å². The standard InChI is InChI=1S/C19H12BrF3N2O2/c20-17-16(24-18(26)14-9-13(22)4-5-15(14)23)6-7-25(19(17)27)10-11-2-1-3-12(21)8-11/h1-9H,10H2,(H,24,26). The third-order valence-corrected chi connectivity index (χ3v) is 4.54. The van der Waals surface area contributed by atoms with Gasteiger partial charge < -0.3 is 9.88 Å². The van der Waals surface area contributed by atoms with Crippen LogP contribution in [0.5, 0.6) is 0 Å². The number of anilines is 1. The molecule has 0 spiro atoms. The van der Waals surface area contributed by atoms with Crippen molar-refractivity contribution in [1.29, 1.82) is 0 Å². The van der Waals surface area contributed by atoms with E-state index < -0.39 is 34.5 Å². The third-order valence-electron chi connectivity index (χ3n) is 3.77. The average Bonchev–Trinajstić information content (AvgIpc) is 2.63.